The average Bonchev–Trinajstić information content (AvgIpc) is 3.21. The van der Waals surface area contributed by atoms with Crippen molar-refractivity contribution in [1.82, 2.24) is 4.98 Å². The molecule has 0 fully saturated rings. The van der Waals surface area contributed by atoms with Crippen molar-refractivity contribution in [2.24, 2.45) is 0 Å². The molecule has 2 amide bonds. The molecule has 3 aromatic carbocycles. The highest BCUT2D eigenvalue weighted by Gasteiger charge is 2.11. The van der Waals surface area contributed by atoms with Gasteiger partial charge in [-0.15, -0.1) is 11.3 Å². The van der Waals surface area contributed by atoms with E-state index in [0.29, 0.717) is 17.9 Å². The normalized spacial score (nSPS) is 10.7. The molecule has 0 aliphatic carbocycles. The number of fused-ring (bicyclic) bond motifs is 1. The maximum Gasteiger partial charge on any atom is 0.255 e. The summed E-state index contributed by atoms with van der Waals surface area (Å²) in [5, 5.41) is 5.82. The fourth-order valence-corrected chi connectivity index (χ4v) is 5.07. The molecule has 4 rings (SSSR count). The van der Waals surface area contributed by atoms with Gasteiger partial charge >= 0.3 is 0 Å². The summed E-state index contributed by atoms with van der Waals surface area (Å²) in [6.07, 6.45) is 0. The molecule has 168 valence electrons. The highest BCUT2D eigenvalue weighted by atomic mass is 32.2. The van der Waals surface area contributed by atoms with Crippen LogP contribution in [0.4, 0.5) is 11.4 Å². The number of aryl methyl sites for hydroxylation is 1. The molecule has 0 bridgehead atoms. The van der Waals surface area contributed by atoms with Crippen molar-refractivity contribution in [3.63, 3.8) is 0 Å². The summed E-state index contributed by atoms with van der Waals surface area (Å²) in [5.41, 5.74) is 3.93. The molecular weight excluding hydrogens is 454 g/mol. The van der Waals surface area contributed by atoms with Crippen LogP contribution in [0.5, 0.6) is 5.75 Å². The van der Waals surface area contributed by atoms with Gasteiger partial charge in [-0.1, -0.05) is 29.5 Å². The number of anilines is 2. The topological polar surface area (TPSA) is 80.3 Å². The number of carbonyl (C=O) groups excluding carboxylic acids is 2. The van der Waals surface area contributed by atoms with E-state index in [1.54, 1.807) is 6.07 Å². The Morgan fingerprint density at radius 3 is 2.55 bits per heavy atom. The van der Waals surface area contributed by atoms with Crippen LogP contribution in [0.3, 0.4) is 0 Å². The van der Waals surface area contributed by atoms with Crippen LogP contribution in [0.15, 0.2) is 71.1 Å². The highest BCUT2D eigenvalue weighted by molar-refractivity contribution is 8.01. The summed E-state index contributed by atoms with van der Waals surface area (Å²) in [7, 11) is 0. The summed E-state index contributed by atoms with van der Waals surface area (Å²) in [4.78, 5) is 29.4. The Bertz CT molecular complexity index is 1290. The Morgan fingerprint density at radius 2 is 1.79 bits per heavy atom. The molecule has 6 nitrogen and oxygen atoms in total. The van der Waals surface area contributed by atoms with Crippen LogP contribution >= 0.6 is 23.1 Å². The van der Waals surface area contributed by atoms with Gasteiger partial charge in [0.25, 0.3) is 5.91 Å². The van der Waals surface area contributed by atoms with E-state index in [2.05, 4.69) is 15.6 Å². The Hall–Kier alpha value is -3.36. The third-order valence-electron chi connectivity index (χ3n) is 4.68. The number of thiazole rings is 1. The van der Waals surface area contributed by atoms with Crippen molar-refractivity contribution in [3.05, 3.63) is 77.9 Å². The Labute approximate surface area is 200 Å². The van der Waals surface area contributed by atoms with Gasteiger partial charge in [-0.2, -0.15) is 0 Å². The van der Waals surface area contributed by atoms with Gasteiger partial charge in [-0.05, 0) is 68.4 Å². The van der Waals surface area contributed by atoms with Crippen LogP contribution in [-0.2, 0) is 4.79 Å². The third-order valence-corrected chi connectivity index (χ3v) is 6.84. The van der Waals surface area contributed by atoms with E-state index < -0.39 is 0 Å². The Balaban J connectivity index is 1.35. The molecule has 1 aromatic heterocycles. The van der Waals surface area contributed by atoms with Crippen LogP contribution in [0, 0.1) is 6.92 Å². The summed E-state index contributed by atoms with van der Waals surface area (Å²) < 4.78 is 7.16. The minimum Gasteiger partial charge on any atom is -0.494 e. The van der Waals surface area contributed by atoms with E-state index in [1.165, 1.54) is 23.1 Å². The monoisotopic (exact) mass is 477 g/mol. The van der Waals surface area contributed by atoms with Crippen LogP contribution in [0.1, 0.15) is 22.8 Å². The van der Waals surface area contributed by atoms with E-state index in [0.717, 1.165) is 31.6 Å². The standard InChI is InChI=1S/C25H23N3O3S2/c1-3-31-20-10-7-18(8-11-20)26-23(29)15-32-25-28-21-12-9-19(14-22(21)33-25)27-24(30)17-6-4-5-16(2)13-17/h4-14H,3,15H2,1-2H3,(H,26,29)(H,27,30). The zero-order valence-electron chi connectivity index (χ0n) is 18.3. The van der Waals surface area contributed by atoms with Crippen molar-refractivity contribution in [3.8, 4) is 5.75 Å². The van der Waals surface area contributed by atoms with Crippen molar-refractivity contribution in [1.29, 1.82) is 0 Å². The van der Waals surface area contributed by atoms with Gasteiger partial charge in [0.05, 0.1) is 22.6 Å². The lowest BCUT2D eigenvalue weighted by Gasteiger charge is -2.06. The number of aromatic nitrogens is 1. The van der Waals surface area contributed by atoms with Crippen molar-refractivity contribution in [2.45, 2.75) is 18.2 Å². The number of rotatable bonds is 8. The van der Waals surface area contributed by atoms with E-state index in [4.69, 9.17) is 4.74 Å². The predicted molar refractivity (Wildman–Crippen MR) is 136 cm³/mol. The van der Waals surface area contributed by atoms with Gasteiger partial charge in [-0.3, -0.25) is 9.59 Å². The molecule has 33 heavy (non-hydrogen) atoms. The molecule has 0 atom stereocenters. The fraction of sp³-hybridized carbons (Fsp3) is 0.160. The summed E-state index contributed by atoms with van der Waals surface area (Å²) in [5.74, 6) is 0.774. The lowest BCUT2D eigenvalue weighted by molar-refractivity contribution is -0.113. The largest absolute Gasteiger partial charge is 0.494 e. The number of nitrogens with one attached hydrogen (secondary N) is 2. The Morgan fingerprint density at radius 1 is 1.00 bits per heavy atom. The summed E-state index contributed by atoms with van der Waals surface area (Å²) >= 11 is 2.88. The molecule has 4 aromatic rings. The van der Waals surface area contributed by atoms with E-state index >= 15 is 0 Å². The Kier molecular flexibility index (Phi) is 7.26. The average molecular weight is 478 g/mol. The number of ether oxygens (including phenoxy) is 1. The molecule has 0 saturated carbocycles. The minimum absolute atomic E-state index is 0.102. The van der Waals surface area contributed by atoms with Crippen molar-refractivity contribution < 1.29 is 14.3 Å². The van der Waals surface area contributed by atoms with Crippen LogP contribution in [-0.4, -0.2) is 29.2 Å². The zero-order chi connectivity index (χ0) is 23.2. The van der Waals surface area contributed by atoms with E-state index in [1.807, 2.05) is 74.5 Å². The molecular formula is C25H23N3O3S2. The molecule has 0 radical (unpaired) electrons. The van der Waals surface area contributed by atoms with Gasteiger partial charge in [0.1, 0.15) is 5.75 Å². The number of hydrogen-bond acceptors (Lipinski definition) is 6. The second-order valence-electron chi connectivity index (χ2n) is 7.28. The highest BCUT2D eigenvalue weighted by Crippen LogP contribution is 2.31. The van der Waals surface area contributed by atoms with Crippen LogP contribution < -0.4 is 15.4 Å². The first-order chi connectivity index (χ1) is 16.0. The van der Waals surface area contributed by atoms with Gasteiger partial charge in [0.15, 0.2) is 4.34 Å². The molecule has 0 aliphatic rings. The summed E-state index contributed by atoms with van der Waals surface area (Å²) in [6.45, 7) is 4.49. The van der Waals surface area contributed by atoms with Gasteiger partial charge in [0.2, 0.25) is 5.91 Å². The van der Waals surface area contributed by atoms with Crippen LogP contribution in [0.2, 0.25) is 0 Å². The van der Waals surface area contributed by atoms with Gasteiger partial charge in [-0.25, -0.2) is 4.98 Å². The van der Waals surface area contributed by atoms with E-state index in [9.17, 15) is 9.59 Å². The minimum atomic E-state index is -0.150. The maximum atomic E-state index is 12.5. The number of amides is 2. The molecule has 0 saturated heterocycles. The first-order valence-electron chi connectivity index (χ1n) is 10.4. The predicted octanol–water partition coefficient (Wildman–Crippen LogP) is 5.99. The number of thioether (sulfide) groups is 1. The number of benzene rings is 3. The molecule has 0 spiro atoms. The molecule has 1 heterocycles. The number of hydrogen-bond donors (Lipinski definition) is 2. The fourth-order valence-electron chi connectivity index (χ4n) is 3.16. The maximum absolute atomic E-state index is 12.5. The SMILES string of the molecule is CCOc1ccc(NC(=O)CSc2nc3ccc(NC(=O)c4cccc(C)c4)cc3s2)cc1. The van der Waals surface area contributed by atoms with Crippen molar-refractivity contribution >= 4 is 56.5 Å². The molecule has 8 heteroatoms. The number of carbonyl (C=O) groups is 2. The van der Waals surface area contributed by atoms with Gasteiger partial charge in [0, 0.05) is 16.9 Å². The van der Waals surface area contributed by atoms with E-state index in [-0.39, 0.29) is 17.6 Å². The smallest absolute Gasteiger partial charge is 0.255 e. The van der Waals surface area contributed by atoms with Crippen molar-refractivity contribution in [2.75, 3.05) is 23.0 Å². The lowest BCUT2D eigenvalue weighted by atomic mass is 10.1. The molecule has 0 aliphatic heterocycles. The lowest BCUT2D eigenvalue weighted by Crippen LogP contribution is -2.13. The zero-order valence-corrected chi connectivity index (χ0v) is 19.9. The second-order valence-corrected chi connectivity index (χ2v) is 9.53. The second kappa shape index (κ2) is 10.5. The molecule has 2 N–H and O–H groups in total. The summed E-state index contributed by atoms with van der Waals surface area (Å²) in [6, 6.07) is 20.4. The quantitative estimate of drug-likeness (QED) is 0.305. The first-order valence-corrected chi connectivity index (χ1v) is 12.2. The molecule has 0 unspecified atom stereocenters. The van der Waals surface area contributed by atoms with Crippen LogP contribution in [0.25, 0.3) is 10.2 Å². The first kappa shape index (κ1) is 22.8. The number of nitrogens with zero attached hydrogens (tertiary/aromatic N) is 1. The van der Waals surface area contributed by atoms with Gasteiger partial charge < -0.3 is 15.4 Å². The third kappa shape index (κ3) is 6.12.